The maximum Gasteiger partial charge on any atom is 0.416 e. The van der Waals surface area contributed by atoms with Crippen LogP contribution < -0.4 is 4.90 Å². The number of benzene rings is 1. The SMILES string of the molecule is Cn1ncc(C(=O)N2CCN(c3cccc(C(F)(F)F)c3)CC2)c1-n1cccc1. The number of halogens is 3. The van der Waals surface area contributed by atoms with Gasteiger partial charge in [0.25, 0.3) is 5.91 Å². The van der Waals surface area contributed by atoms with E-state index in [9.17, 15) is 18.0 Å². The van der Waals surface area contributed by atoms with Crippen LogP contribution in [0.1, 0.15) is 15.9 Å². The van der Waals surface area contributed by atoms with Crippen molar-refractivity contribution in [1.29, 1.82) is 0 Å². The molecule has 0 saturated carbocycles. The summed E-state index contributed by atoms with van der Waals surface area (Å²) in [7, 11) is 1.78. The molecule has 3 heterocycles. The van der Waals surface area contributed by atoms with Crippen LogP contribution >= 0.6 is 0 Å². The molecule has 0 aliphatic carbocycles. The Bertz CT molecular complexity index is 1000. The van der Waals surface area contributed by atoms with E-state index in [1.54, 1.807) is 28.9 Å². The van der Waals surface area contributed by atoms with Gasteiger partial charge in [-0.05, 0) is 30.3 Å². The molecule has 1 saturated heterocycles. The first-order valence-corrected chi connectivity index (χ1v) is 9.21. The van der Waals surface area contributed by atoms with Crippen molar-refractivity contribution in [3.05, 3.63) is 66.1 Å². The summed E-state index contributed by atoms with van der Waals surface area (Å²) in [4.78, 5) is 16.6. The molecule has 0 radical (unpaired) electrons. The normalized spacial score (nSPS) is 15.0. The van der Waals surface area contributed by atoms with Crippen molar-refractivity contribution >= 4 is 11.6 Å². The molecule has 1 aliphatic heterocycles. The number of nitrogens with zero attached hydrogens (tertiary/aromatic N) is 5. The molecule has 4 rings (SSSR count). The van der Waals surface area contributed by atoms with Crippen molar-refractivity contribution < 1.29 is 18.0 Å². The predicted molar refractivity (Wildman–Crippen MR) is 102 cm³/mol. The number of rotatable bonds is 3. The monoisotopic (exact) mass is 403 g/mol. The second-order valence-electron chi connectivity index (χ2n) is 6.92. The van der Waals surface area contributed by atoms with Gasteiger partial charge in [-0.25, -0.2) is 0 Å². The molecule has 1 fully saturated rings. The van der Waals surface area contributed by atoms with Crippen molar-refractivity contribution in [2.24, 2.45) is 7.05 Å². The largest absolute Gasteiger partial charge is 0.416 e. The van der Waals surface area contributed by atoms with Crippen LogP contribution in [0.2, 0.25) is 0 Å². The molecule has 152 valence electrons. The molecule has 6 nitrogen and oxygen atoms in total. The van der Waals surface area contributed by atoms with E-state index < -0.39 is 11.7 Å². The van der Waals surface area contributed by atoms with Crippen LogP contribution in [0.3, 0.4) is 0 Å². The third kappa shape index (κ3) is 3.72. The fourth-order valence-electron chi connectivity index (χ4n) is 3.58. The second-order valence-corrected chi connectivity index (χ2v) is 6.92. The van der Waals surface area contributed by atoms with Gasteiger partial charge in [0, 0.05) is 51.3 Å². The lowest BCUT2D eigenvalue weighted by atomic mass is 10.1. The summed E-state index contributed by atoms with van der Waals surface area (Å²) in [6, 6.07) is 9.04. The van der Waals surface area contributed by atoms with Gasteiger partial charge in [0.2, 0.25) is 0 Å². The van der Waals surface area contributed by atoms with Crippen molar-refractivity contribution in [3.8, 4) is 5.82 Å². The molecule has 0 N–H and O–H groups in total. The van der Waals surface area contributed by atoms with Gasteiger partial charge in [0.15, 0.2) is 0 Å². The second kappa shape index (κ2) is 7.31. The summed E-state index contributed by atoms with van der Waals surface area (Å²) in [5.74, 6) is 0.547. The Morgan fingerprint density at radius 3 is 2.38 bits per heavy atom. The van der Waals surface area contributed by atoms with Crippen LogP contribution in [0.5, 0.6) is 0 Å². The number of aromatic nitrogens is 3. The highest BCUT2D eigenvalue weighted by atomic mass is 19.4. The Morgan fingerprint density at radius 2 is 1.72 bits per heavy atom. The molecule has 3 aromatic rings. The maximum absolute atomic E-state index is 13.0. The molecule has 0 spiro atoms. The zero-order chi connectivity index (χ0) is 20.6. The van der Waals surface area contributed by atoms with Gasteiger partial charge in [-0.3, -0.25) is 9.48 Å². The van der Waals surface area contributed by atoms with Crippen LogP contribution in [0.15, 0.2) is 55.0 Å². The third-order valence-corrected chi connectivity index (χ3v) is 5.09. The lowest BCUT2D eigenvalue weighted by Gasteiger charge is -2.36. The number of aryl methyl sites for hydroxylation is 1. The number of amides is 1. The van der Waals surface area contributed by atoms with Crippen LogP contribution in [-0.4, -0.2) is 51.3 Å². The predicted octanol–water partition coefficient (Wildman–Crippen LogP) is 3.19. The fraction of sp³-hybridized carbons (Fsp3) is 0.300. The van der Waals surface area contributed by atoms with Crippen LogP contribution in [-0.2, 0) is 13.2 Å². The highest BCUT2D eigenvalue weighted by Gasteiger charge is 2.31. The maximum atomic E-state index is 13.0. The Kier molecular flexibility index (Phi) is 4.81. The lowest BCUT2D eigenvalue weighted by molar-refractivity contribution is -0.137. The highest BCUT2D eigenvalue weighted by molar-refractivity contribution is 5.97. The van der Waals surface area contributed by atoms with E-state index in [1.165, 1.54) is 6.07 Å². The Labute approximate surface area is 165 Å². The summed E-state index contributed by atoms with van der Waals surface area (Å²) < 4.78 is 42.4. The smallest absolute Gasteiger partial charge is 0.368 e. The average Bonchev–Trinajstić information content (AvgIpc) is 3.36. The van der Waals surface area contributed by atoms with E-state index in [1.807, 2.05) is 34.0 Å². The van der Waals surface area contributed by atoms with E-state index in [0.29, 0.717) is 43.2 Å². The molecular weight excluding hydrogens is 383 g/mol. The van der Waals surface area contributed by atoms with Gasteiger partial charge in [0.1, 0.15) is 11.4 Å². The van der Waals surface area contributed by atoms with Crippen molar-refractivity contribution in [2.45, 2.75) is 6.18 Å². The Hall–Kier alpha value is -3.23. The quantitative estimate of drug-likeness (QED) is 0.675. The number of anilines is 1. The van der Waals surface area contributed by atoms with Gasteiger partial charge < -0.3 is 14.4 Å². The number of alkyl halides is 3. The highest BCUT2D eigenvalue weighted by Crippen LogP contribution is 2.32. The Balaban J connectivity index is 1.48. The average molecular weight is 403 g/mol. The molecule has 0 bridgehead atoms. The van der Waals surface area contributed by atoms with Gasteiger partial charge in [-0.2, -0.15) is 18.3 Å². The first-order chi connectivity index (χ1) is 13.8. The molecule has 29 heavy (non-hydrogen) atoms. The van der Waals surface area contributed by atoms with Crippen molar-refractivity contribution in [3.63, 3.8) is 0 Å². The summed E-state index contributed by atoms with van der Waals surface area (Å²) in [5, 5.41) is 4.22. The van der Waals surface area contributed by atoms with E-state index in [0.717, 1.165) is 12.1 Å². The van der Waals surface area contributed by atoms with Crippen LogP contribution in [0.25, 0.3) is 5.82 Å². The summed E-state index contributed by atoms with van der Waals surface area (Å²) in [6.45, 7) is 1.78. The number of hydrogen-bond donors (Lipinski definition) is 0. The van der Waals surface area contributed by atoms with E-state index in [2.05, 4.69) is 5.10 Å². The molecule has 2 aromatic heterocycles. The number of hydrogen-bond acceptors (Lipinski definition) is 3. The molecule has 9 heteroatoms. The molecular formula is C20H20F3N5O. The third-order valence-electron chi connectivity index (χ3n) is 5.09. The number of piperazine rings is 1. The summed E-state index contributed by atoms with van der Waals surface area (Å²) in [6.07, 6.45) is 0.874. The lowest BCUT2D eigenvalue weighted by Crippen LogP contribution is -2.49. The fourth-order valence-corrected chi connectivity index (χ4v) is 3.58. The minimum Gasteiger partial charge on any atom is -0.368 e. The van der Waals surface area contributed by atoms with Gasteiger partial charge in [-0.15, -0.1) is 0 Å². The molecule has 1 aliphatic rings. The van der Waals surface area contributed by atoms with Gasteiger partial charge >= 0.3 is 6.18 Å². The minimum atomic E-state index is -4.37. The van der Waals surface area contributed by atoms with E-state index in [-0.39, 0.29) is 5.91 Å². The molecule has 1 aromatic carbocycles. The van der Waals surface area contributed by atoms with Crippen molar-refractivity contribution in [1.82, 2.24) is 19.2 Å². The van der Waals surface area contributed by atoms with Gasteiger partial charge in [-0.1, -0.05) is 6.07 Å². The molecule has 0 atom stereocenters. The van der Waals surface area contributed by atoms with E-state index >= 15 is 0 Å². The van der Waals surface area contributed by atoms with Crippen LogP contribution in [0.4, 0.5) is 18.9 Å². The van der Waals surface area contributed by atoms with Gasteiger partial charge in [0.05, 0.1) is 11.8 Å². The number of carbonyl (C=O) groups is 1. The molecule has 0 unspecified atom stereocenters. The standard InChI is InChI=1S/C20H20F3N5O/c1-25-18(27-7-2-3-8-27)17(14-24-25)19(29)28-11-9-26(10-12-28)16-6-4-5-15(13-16)20(21,22)23/h2-8,13-14H,9-12H2,1H3. The van der Waals surface area contributed by atoms with Crippen LogP contribution in [0, 0.1) is 0 Å². The Morgan fingerprint density at radius 1 is 1.03 bits per heavy atom. The van der Waals surface area contributed by atoms with Crippen molar-refractivity contribution in [2.75, 3.05) is 31.1 Å². The summed E-state index contributed by atoms with van der Waals surface area (Å²) >= 11 is 0. The zero-order valence-electron chi connectivity index (χ0n) is 15.8. The first-order valence-electron chi connectivity index (χ1n) is 9.21. The topological polar surface area (TPSA) is 46.3 Å². The zero-order valence-corrected chi connectivity index (χ0v) is 15.8. The number of carbonyl (C=O) groups excluding carboxylic acids is 1. The molecule has 1 amide bonds. The minimum absolute atomic E-state index is 0.134. The van der Waals surface area contributed by atoms with E-state index in [4.69, 9.17) is 0 Å². The first kappa shape index (κ1) is 19.1. The summed E-state index contributed by atoms with van der Waals surface area (Å²) in [5.41, 5.74) is 0.345.